The minimum atomic E-state index is -0.338. The van der Waals surface area contributed by atoms with Crippen LogP contribution < -0.4 is 20.1 Å². The second kappa shape index (κ2) is 10.1. The molecule has 2 aromatic carbocycles. The molecule has 1 amide bonds. The first-order chi connectivity index (χ1) is 12.5. The van der Waals surface area contributed by atoms with Crippen molar-refractivity contribution in [2.24, 2.45) is 0 Å². The Bertz CT molecular complexity index is 766. The summed E-state index contributed by atoms with van der Waals surface area (Å²) in [5.74, 6) is 0.964. The Morgan fingerprint density at radius 1 is 1.12 bits per heavy atom. The lowest BCUT2D eigenvalue weighted by Gasteiger charge is -2.13. The fraction of sp³-hybridized carbons (Fsp3) is 0.263. The summed E-state index contributed by atoms with van der Waals surface area (Å²) in [4.78, 5) is 12.5. The van der Waals surface area contributed by atoms with Gasteiger partial charge in [-0.1, -0.05) is 22.9 Å². The standard InChI is InChI=1S/C19H21BrN2O3S/c1-3-11-25-15-8-6-14(7-9-15)21-19(26)22-18(23)16-12-13(20)5-10-17(16)24-4-2/h5-10,12H,3-4,11H2,1-2H3,(H2,21,22,23,26). The zero-order chi connectivity index (χ0) is 18.9. The largest absolute Gasteiger partial charge is 0.494 e. The fourth-order valence-electron chi connectivity index (χ4n) is 2.15. The molecule has 0 aliphatic carbocycles. The van der Waals surface area contributed by atoms with Gasteiger partial charge in [-0.2, -0.15) is 0 Å². The molecule has 0 saturated heterocycles. The van der Waals surface area contributed by atoms with Crippen molar-refractivity contribution in [2.45, 2.75) is 20.3 Å². The van der Waals surface area contributed by atoms with Crippen LogP contribution in [0.2, 0.25) is 0 Å². The van der Waals surface area contributed by atoms with Gasteiger partial charge in [0.1, 0.15) is 11.5 Å². The molecular weight excluding hydrogens is 416 g/mol. The van der Waals surface area contributed by atoms with Gasteiger partial charge >= 0.3 is 0 Å². The Balaban J connectivity index is 1.99. The highest BCUT2D eigenvalue weighted by molar-refractivity contribution is 9.10. The van der Waals surface area contributed by atoms with Gasteiger partial charge < -0.3 is 14.8 Å². The number of carbonyl (C=O) groups is 1. The molecule has 0 unspecified atom stereocenters. The van der Waals surface area contributed by atoms with E-state index in [1.165, 1.54) is 0 Å². The van der Waals surface area contributed by atoms with Gasteiger partial charge in [0.05, 0.1) is 18.8 Å². The number of ether oxygens (including phenoxy) is 2. The van der Waals surface area contributed by atoms with E-state index in [-0.39, 0.29) is 11.0 Å². The zero-order valence-electron chi connectivity index (χ0n) is 14.7. The van der Waals surface area contributed by atoms with E-state index >= 15 is 0 Å². The van der Waals surface area contributed by atoms with Gasteiger partial charge in [0.2, 0.25) is 0 Å². The maximum Gasteiger partial charge on any atom is 0.261 e. The van der Waals surface area contributed by atoms with Crippen LogP contribution in [0.5, 0.6) is 11.5 Å². The smallest absolute Gasteiger partial charge is 0.261 e. The van der Waals surface area contributed by atoms with E-state index < -0.39 is 0 Å². The van der Waals surface area contributed by atoms with Crippen molar-refractivity contribution in [3.05, 3.63) is 52.5 Å². The lowest BCUT2D eigenvalue weighted by Crippen LogP contribution is -2.34. The molecule has 0 saturated carbocycles. The lowest BCUT2D eigenvalue weighted by molar-refractivity contribution is 0.0974. The first-order valence-electron chi connectivity index (χ1n) is 8.31. The Labute approximate surface area is 167 Å². The van der Waals surface area contributed by atoms with E-state index in [1.807, 2.05) is 37.3 Å². The second-order valence-corrected chi connectivity index (χ2v) is 6.68. The number of thiocarbonyl (C=S) groups is 1. The molecule has 0 bridgehead atoms. The summed E-state index contributed by atoms with van der Waals surface area (Å²) in [7, 11) is 0. The average molecular weight is 437 g/mol. The van der Waals surface area contributed by atoms with Crippen molar-refractivity contribution < 1.29 is 14.3 Å². The molecule has 138 valence electrons. The van der Waals surface area contributed by atoms with E-state index in [9.17, 15) is 4.79 Å². The summed E-state index contributed by atoms with van der Waals surface area (Å²) < 4.78 is 11.8. The number of carbonyl (C=O) groups excluding carboxylic acids is 1. The van der Waals surface area contributed by atoms with Gasteiger partial charge in [-0.05, 0) is 68.0 Å². The molecule has 0 heterocycles. The van der Waals surface area contributed by atoms with Crippen molar-refractivity contribution in [3.8, 4) is 11.5 Å². The Hall–Kier alpha value is -2.12. The Morgan fingerprint density at radius 2 is 1.85 bits per heavy atom. The van der Waals surface area contributed by atoms with Crippen LogP contribution >= 0.6 is 28.1 Å². The first kappa shape index (κ1) is 20.2. The van der Waals surface area contributed by atoms with Gasteiger partial charge in [0.15, 0.2) is 5.11 Å². The molecule has 2 rings (SSSR count). The zero-order valence-corrected chi connectivity index (χ0v) is 17.1. The highest BCUT2D eigenvalue weighted by atomic mass is 79.9. The summed E-state index contributed by atoms with van der Waals surface area (Å²) in [5, 5.41) is 5.86. The predicted molar refractivity (Wildman–Crippen MR) is 111 cm³/mol. The highest BCUT2D eigenvalue weighted by Crippen LogP contribution is 2.23. The summed E-state index contributed by atoms with van der Waals surface area (Å²) >= 11 is 8.59. The third-order valence-corrected chi connectivity index (χ3v) is 4.00. The van der Waals surface area contributed by atoms with Crippen molar-refractivity contribution in [1.82, 2.24) is 5.32 Å². The number of amides is 1. The molecule has 0 aromatic heterocycles. The molecule has 26 heavy (non-hydrogen) atoms. The molecule has 5 nitrogen and oxygen atoms in total. The van der Waals surface area contributed by atoms with Crippen LogP contribution in [0.4, 0.5) is 5.69 Å². The van der Waals surface area contributed by atoms with Crippen molar-refractivity contribution in [2.75, 3.05) is 18.5 Å². The molecule has 2 N–H and O–H groups in total. The van der Waals surface area contributed by atoms with Crippen molar-refractivity contribution in [3.63, 3.8) is 0 Å². The van der Waals surface area contributed by atoms with E-state index in [4.69, 9.17) is 21.7 Å². The number of hydrogen-bond acceptors (Lipinski definition) is 4. The number of anilines is 1. The van der Waals surface area contributed by atoms with Gasteiger partial charge in [-0.3, -0.25) is 10.1 Å². The third-order valence-electron chi connectivity index (χ3n) is 3.30. The number of hydrogen-bond donors (Lipinski definition) is 2. The number of rotatable bonds is 7. The number of halogens is 1. The topological polar surface area (TPSA) is 59.6 Å². The quantitative estimate of drug-likeness (QED) is 0.612. The van der Waals surface area contributed by atoms with E-state index in [2.05, 4.69) is 33.5 Å². The van der Waals surface area contributed by atoms with Crippen LogP contribution in [-0.2, 0) is 0 Å². The Kier molecular flexibility index (Phi) is 7.87. The maximum absolute atomic E-state index is 12.5. The van der Waals surface area contributed by atoms with Crippen LogP contribution in [0.1, 0.15) is 30.6 Å². The molecule has 0 aliphatic heterocycles. The summed E-state index contributed by atoms with van der Waals surface area (Å²) in [6, 6.07) is 12.6. The monoisotopic (exact) mass is 436 g/mol. The van der Waals surface area contributed by atoms with Crippen LogP contribution in [0.25, 0.3) is 0 Å². The van der Waals surface area contributed by atoms with E-state index in [1.54, 1.807) is 12.1 Å². The fourth-order valence-corrected chi connectivity index (χ4v) is 2.72. The molecule has 7 heteroatoms. The third kappa shape index (κ3) is 6.00. The van der Waals surface area contributed by atoms with E-state index in [0.29, 0.717) is 24.5 Å². The minimum absolute atomic E-state index is 0.208. The van der Waals surface area contributed by atoms with Gasteiger partial charge in [0.25, 0.3) is 5.91 Å². The first-order valence-corrected chi connectivity index (χ1v) is 9.51. The molecule has 0 aliphatic rings. The maximum atomic E-state index is 12.5. The molecule has 0 fully saturated rings. The molecule has 0 radical (unpaired) electrons. The number of benzene rings is 2. The molecule has 2 aromatic rings. The summed E-state index contributed by atoms with van der Waals surface area (Å²) in [6.45, 7) is 5.07. The lowest BCUT2D eigenvalue weighted by atomic mass is 10.2. The van der Waals surface area contributed by atoms with E-state index in [0.717, 1.165) is 22.3 Å². The second-order valence-electron chi connectivity index (χ2n) is 5.35. The van der Waals surface area contributed by atoms with Crippen LogP contribution in [0.15, 0.2) is 46.9 Å². The van der Waals surface area contributed by atoms with Crippen LogP contribution in [-0.4, -0.2) is 24.2 Å². The average Bonchev–Trinajstić information content (AvgIpc) is 2.62. The molecule has 0 atom stereocenters. The number of nitrogens with one attached hydrogen (secondary N) is 2. The van der Waals surface area contributed by atoms with Crippen LogP contribution in [0, 0.1) is 0 Å². The normalized spacial score (nSPS) is 10.1. The summed E-state index contributed by atoms with van der Waals surface area (Å²) in [6.07, 6.45) is 0.954. The predicted octanol–water partition coefficient (Wildman–Crippen LogP) is 4.76. The highest BCUT2D eigenvalue weighted by Gasteiger charge is 2.14. The Morgan fingerprint density at radius 3 is 2.50 bits per heavy atom. The van der Waals surface area contributed by atoms with Gasteiger partial charge in [-0.15, -0.1) is 0 Å². The van der Waals surface area contributed by atoms with Crippen molar-refractivity contribution in [1.29, 1.82) is 0 Å². The summed E-state index contributed by atoms with van der Waals surface area (Å²) in [5.41, 5.74) is 1.17. The van der Waals surface area contributed by atoms with Crippen molar-refractivity contribution >= 4 is 44.9 Å². The van der Waals surface area contributed by atoms with Crippen LogP contribution in [0.3, 0.4) is 0 Å². The molecular formula is C19H21BrN2O3S. The van der Waals surface area contributed by atoms with Gasteiger partial charge in [0, 0.05) is 10.2 Å². The molecule has 0 spiro atoms. The minimum Gasteiger partial charge on any atom is -0.494 e. The SMILES string of the molecule is CCCOc1ccc(NC(=S)NC(=O)c2cc(Br)ccc2OCC)cc1. The van der Waals surface area contributed by atoms with Gasteiger partial charge in [-0.25, -0.2) is 0 Å².